The Bertz CT molecular complexity index is 3370. The van der Waals surface area contributed by atoms with E-state index in [-0.39, 0.29) is 82.8 Å². The third kappa shape index (κ3) is 16.6. The van der Waals surface area contributed by atoms with E-state index in [1.54, 1.807) is 42.6 Å². The molecule has 9 aromatic rings. The number of pyridine rings is 2. The van der Waals surface area contributed by atoms with Crippen LogP contribution in [0.15, 0.2) is 231 Å². The van der Waals surface area contributed by atoms with Gasteiger partial charge >= 0.3 is 49.4 Å². The molecule has 2 heterocycles. The van der Waals surface area contributed by atoms with Crippen LogP contribution in [0.2, 0.25) is 0 Å². The number of carbonyl (C=O) groups excluding carboxylic acids is 6. The van der Waals surface area contributed by atoms with Gasteiger partial charge in [0.15, 0.2) is 50.4 Å². The number of ketones is 6. The van der Waals surface area contributed by atoms with Gasteiger partial charge in [0, 0.05) is 56.5 Å². The molecule has 0 fully saturated rings. The summed E-state index contributed by atoms with van der Waals surface area (Å²) in [5, 5.41) is -4.51. The first kappa shape index (κ1) is 61.5. The molecule has 0 atom stereocenters. The van der Waals surface area contributed by atoms with Gasteiger partial charge in [0.25, 0.3) is 0 Å². The van der Waals surface area contributed by atoms with Crippen molar-refractivity contribution in [1.82, 2.24) is 9.97 Å². The van der Waals surface area contributed by atoms with E-state index in [0.717, 1.165) is 21.8 Å². The van der Waals surface area contributed by atoms with E-state index in [9.17, 15) is 67.7 Å². The maximum Gasteiger partial charge on any atom is 3.00 e. The summed E-state index contributed by atoms with van der Waals surface area (Å²) < 4.78 is 102. The maximum atomic E-state index is 12.2. The average Bonchev–Trinajstić information content (AvgIpc) is 3.46. The van der Waals surface area contributed by atoms with Crippen LogP contribution in [0.25, 0.3) is 21.8 Å². The van der Waals surface area contributed by atoms with Crippen molar-refractivity contribution >= 4 is 86.9 Å². The van der Waals surface area contributed by atoms with E-state index < -0.39 is 80.8 Å². The van der Waals surface area contributed by atoms with Crippen LogP contribution in [-0.4, -0.2) is 99.3 Å². The minimum absolute atomic E-state index is 0. The van der Waals surface area contributed by atoms with Crippen LogP contribution in [0, 0.1) is 49.4 Å². The zero-order valence-corrected chi connectivity index (χ0v) is 45.2. The largest absolute Gasteiger partial charge is 3.00 e. The molecule has 0 aliphatic carbocycles. The Morgan fingerprint density at radius 1 is 0.308 bits per heavy atom. The van der Waals surface area contributed by atoms with Crippen molar-refractivity contribution in [2.24, 2.45) is 0 Å². The Kier molecular flexibility index (Phi) is 22.4. The molecule has 394 valence electrons. The number of hydrogen-bond acceptors (Lipinski definition) is 17. The van der Waals surface area contributed by atoms with Crippen molar-refractivity contribution in [3.63, 3.8) is 0 Å². The quantitative estimate of drug-likeness (QED) is 0.0409. The maximum absolute atomic E-state index is 12.2. The first-order chi connectivity index (χ1) is 36.7. The monoisotopic (exact) mass is 1240 g/mol. The Balaban J connectivity index is 0.000000192. The Morgan fingerprint density at radius 2 is 0.551 bits per heavy atom. The van der Waals surface area contributed by atoms with Crippen molar-refractivity contribution in [3.8, 4) is 0 Å². The van der Waals surface area contributed by atoms with Gasteiger partial charge in [-0.2, -0.15) is 0 Å². The van der Waals surface area contributed by atoms with Crippen LogP contribution in [0.4, 0.5) is 0 Å². The van der Waals surface area contributed by atoms with Crippen LogP contribution in [-0.2, 0) is 30.4 Å². The van der Waals surface area contributed by atoms with Gasteiger partial charge in [0.2, 0.25) is 0 Å². The second kappa shape index (κ2) is 28.4. The smallest absolute Gasteiger partial charge is 0.747 e. The Labute approximate surface area is 489 Å². The number of rotatable bonds is 15. The predicted molar refractivity (Wildman–Crippen MR) is 282 cm³/mol. The van der Waals surface area contributed by atoms with E-state index in [2.05, 4.69) is 28.2 Å². The fourth-order valence-corrected chi connectivity index (χ4v) is 9.75. The van der Waals surface area contributed by atoms with Crippen LogP contribution in [0.1, 0.15) is 62.1 Å². The molecule has 0 saturated heterocycles. The molecule has 21 heteroatoms. The van der Waals surface area contributed by atoms with Gasteiger partial charge in [-0.1, -0.05) is 194 Å². The van der Waals surface area contributed by atoms with E-state index in [1.165, 1.54) is 146 Å². The normalized spacial score (nSPS) is 11.1. The summed E-state index contributed by atoms with van der Waals surface area (Å²) in [5.41, 5.74) is 2.06. The number of carbonyl (C=O) groups is 6. The summed E-state index contributed by atoms with van der Waals surface area (Å²) in [7, 11) is -15.3. The van der Waals surface area contributed by atoms with Crippen molar-refractivity contribution in [3.05, 3.63) is 264 Å². The summed E-state index contributed by atoms with van der Waals surface area (Å²) >= 11 is 0. The zero-order valence-electron chi connectivity index (χ0n) is 40.3. The summed E-state index contributed by atoms with van der Waals surface area (Å²) in [6.07, 6.45) is 3.62. The molecular weight excluding hydrogens is 1200 g/mol. The molecular formula is C57H41EuN2O15S3. The number of hydrogen-bond donors (Lipinski definition) is 0. The van der Waals surface area contributed by atoms with Crippen molar-refractivity contribution in [2.75, 3.05) is 0 Å². The first-order valence-corrected chi connectivity index (χ1v) is 27.1. The molecule has 0 spiro atoms. The SMILES string of the molecule is O=C(c1ccccc1)C(C(=O)c1ccccc1)S(=O)(=O)[O-].O=C(c1ccccc1)C(C(=O)c1ccccc1)S(=O)(=O)[O-].O=C(c1ccccc1)C(C(=O)c1ccccc1)S(=O)(=O)[O-].[Eu+3].c1cnc2c(c1)ccc1ncccc12. The van der Waals surface area contributed by atoms with Crippen molar-refractivity contribution < 1.29 is 117 Å². The molecule has 7 aromatic carbocycles. The van der Waals surface area contributed by atoms with E-state index in [1.807, 2.05) is 24.4 Å². The summed E-state index contributed by atoms with van der Waals surface area (Å²) in [6.45, 7) is 0. The molecule has 2 aromatic heterocycles. The van der Waals surface area contributed by atoms with E-state index in [4.69, 9.17) is 0 Å². The predicted octanol–water partition coefficient (Wildman–Crippen LogP) is 7.78. The summed E-state index contributed by atoms with van der Waals surface area (Å²) in [4.78, 5) is 81.9. The van der Waals surface area contributed by atoms with Crippen LogP contribution < -0.4 is 0 Å². The minimum atomic E-state index is -5.11. The molecule has 0 radical (unpaired) electrons. The molecule has 17 nitrogen and oxygen atoms in total. The van der Waals surface area contributed by atoms with Gasteiger partial charge in [-0.15, -0.1) is 0 Å². The number of fused-ring (bicyclic) bond motifs is 3. The second-order valence-corrected chi connectivity index (χ2v) is 20.6. The average molecular weight is 1240 g/mol. The molecule has 0 saturated carbocycles. The van der Waals surface area contributed by atoms with E-state index >= 15 is 0 Å². The van der Waals surface area contributed by atoms with Gasteiger partial charge in [0.05, 0.1) is 11.0 Å². The Hall–Kier alpha value is -7.31. The Morgan fingerprint density at radius 3 is 0.808 bits per heavy atom. The molecule has 0 N–H and O–H groups in total. The van der Waals surface area contributed by atoms with Gasteiger partial charge in [-0.05, 0) is 24.3 Å². The number of nitrogens with zero attached hydrogens (tertiary/aromatic N) is 2. The molecule has 0 amide bonds. The first-order valence-electron chi connectivity index (χ1n) is 22.7. The fraction of sp³-hybridized carbons (Fsp3) is 0.0526. The second-order valence-electron chi connectivity index (χ2n) is 16.2. The van der Waals surface area contributed by atoms with Crippen LogP contribution in [0.3, 0.4) is 0 Å². The van der Waals surface area contributed by atoms with Gasteiger partial charge in [-0.25, -0.2) is 25.3 Å². The zero-order chi connectivity index (χ0) is 55.8. The summed E-state index contributed by atoms with van der Waals surface area (Å²) in [5.74, 6) is -6.09. The standard InChI is InChI=1S/3C15H12O5S.C12H8N2.Eu/c3*16-13(11-7-3-1-4-8-11)15(21(18,19)20)14(17)12-9-5-2-6-10-12;1-3-9-5-6-11-10(4-2-7-13-11)12(9)14-8-1;/h3*1-10,15H,(H,18,19,20);1-8H;/q;;;;+3/p-3. The minimum Gasteiger partial charge on any atom is -0.747 e. The molecule has 78 heavy (non-hydrogen) atoms. The van der Waals surface area contributed by atoms with Gasteiger partial charge < -0.3 is 13.7 Å². The van der Waals surface area contributed by atoms with Crippen LogP contribution in [0.5, 0.6) is 0 Å². The third-order valence-corrected chi connectivity index (χ3v) is 14.0. The molecule has 0 aliphatic heterocycles. The van der Waals surface area contributed by atoms with Crippen molar-refractivity contribution in [1.29, 1.82) is 0 Å². The molecule has 9 rings (SSSR count). The molecule has 0 bridgehead atoms. The number of Topliss-reactive ketones (excluding diaryl/α,β-unsaturated/α-hetero) is 6. The van der Waals surface area contributed by atoms with Gasteiger partial charge in [-0.3, -0.25) is 38.7 Å². The van der Waals surface area contributed by atoms with Crippen LogP contribution >= 0.6 is 0 Å². The van der Waals surface area contributed by atoms with Crippen molar-refractivity contribution in [2.45, 2.75) is 15.7 Å². The molecule has 0 unspecified atom stereocenters. The summed E-state index contributed by atoms with van der Waals surface area (Å²) in [6, 6.07) is 56.5. The van der Waals surface area contributed by atoms with E-state index in [0.29, 0.717) is 0 Å². The fourth-order valence-electron chi connectivity index (χ4n) is 7.36. The topological polar surface area (TPSA) is 300 Å². The van der Waals surface area contributed by atoms with Gasteiger partial charge in [0.1, 0.15) is 30.4 Å². The number of aromatic nitrogens is 2. The third-order valence-electron chi connectivity index (χ3n) is 11.0. The number of benzene rings is 7. The molecule has 0 aliphatic rings.